The highest BCUT2D eigenvalue weighted by molar-refractivity contribution is 5.52. The second-order valence-corrected chi connectivity index (χ2v) is 2.15. The normalized spacial score (nSPS) is 9.42. The molecule has 1 aromatic rings. The van der Waals surface area contributed by atoms with Crippen molar-refractivity contribution in [3.05, 3.63) is 35.0 Å². The number of rotatable bonds is 3. The molecule has 0 radical (unpaired) electrons. The Bertz CT molecular complexity index is 330. The van der Waals surface area contributed by atoms with Crippen molar-refractivity contribution < 1.29 is 4.74 Å². The van der Waals surface area contributed by atoms with E-state index in [0.717, 1.165) is 0 Å². The van der Waals surface area contributed by atoms with Crippen molar-refractivity contribution in [2.24, 2.45) is 0 Å². The summed E-state index contributed by atoms with van der Waals surface area (Å²) in [6.45, 7) is 5.99. The van der Waals surface area contributed by atoms with Crippen molar-refractivity contribution in [2.45, 2.75) is 6.92 Å². The van der Waals surface area contributed by atoms with E-state index in [1.165, 1.54) is 12.4 Å². The molecule has 0 aliphatic carbocycles. The minimum Gasteiger partial charge on any atom is -0.492 e. The zero-order chi connectivity index (χ0) is 8.97. The number of aromatic amines is 1. The number of nitrogens with zero attached hydrogens (tertiary/aromatic N) is 1. The van der Waals surface area contributed by atoms with E-state index in [4.69, 9.17) is 4.74 Å². The van der Waals surface area contributed by atoms with E-state index in [-0.39, 0.29) is 5.56 Å². The van der Waals surface area contributed by atoms with Gasteiger partial charge in [0.15, 0.2) is 0 Å². The Morgan fingerprint density at radius 2 is 2.58 bits per heavy atom. The molecule has 0 aromatic carbocycles. The summed E-state index contributed by atoms with van der Waals surface area (Å²) in [6.07, 6.45) is 1.32. The van der Waals surface area contributed by atoms with Crippen LogP contribution in [0.3, 0.4) is 0 Å². The van der Waals surface area contributed by atoms with Crippen LogP contribution < -0.4 is 5.56 Å². The zero-order valence-corrected chi connectivity index (χ0v) is 6.83. The summed E-state index contributed by atoms with van der Waals surface area (Å²) < 4.78 is 5.07. The topological polar surface area (TPSA) is 55.0 Å². The maximum atomic E-state index is 10.8. The van der Waals surface area contributed by atoms with Crippen LogP contribution in [0.2, 0.25) is 0 Å². The molecule has 0 fully saturated rings. The third kappa shape index (κ3) is 1.95. The molecule has 0 spiro atoms. The van der Waals surface area contributed by atoms with Crippen molar-refractivity contribution in [3.8, 4) is 0 Å². The van der Waals surface area contributed by atoms with Gasteiger partial charge in [-0.25, -0.2) is 4.98 Å². The van der Waals surface area contributed by atoms with Crippen LogP contribution >= 0.6 is 0 Å². The first kappa shape index (κ1) is 8.52. The number of H-pyrrole nitrogens is 1. The van der Waals surface area contributed by atoms with E-state index in [0.29, 0.717) is 18.1 Å². The van der Waals surface area contributed by atoms with Gasteiger partial charge in [0.2, 0.25) is 0 Å². The van der Waals surface area contributed by atoms with Crippen molar-refractivity contribution >= 4 is 5.76 Å². The summed E-state index contributed by atoms with van der Waals surface area (Å²) in [5.74, 6) is 0.420. The molecular weight excluding hydrogens is 156 g/mol. The van der Waals surface area contributed by atoms with Crippen LogP contribution in [0, 0.1) is 0 Å². The van der Waals surface area contributed by atoms with Crippen molar-refractivity contribution in [2.75, 3.05) is 6.61 Å². The molecule has 0 saturated heterocycles. The molecule has 0 aliphatic heterocycles. The second kappa shape index (κ2) is 3.71. The van der Waals surface area contributed by atoms with Crippen LogP contribution in [-0.2, 0) is 4.74 Å². The average molecular weight is 166 g/mol. The SMILES string of the molecule is C=C(OCC)c1cc(=O)[nH]cn1. The Morgan fingerprint density at radius 3 is 3.17 bits per heavy atom. The quantitative estimate of drug-likeness (QED) is 0.675. The van der Waals surface area contributed by atoms with Gasteiger partial charge < -0.3 is 9.72 Å². The van der Waals surface area contributed by atoms with E-state index >= 15 is 0 Å². The fourth-order valence-corrected chi connectivity index (χ4v) is 0.769. The molecule has 0 amide bonds. The van der Waals surface area contributed by atoms with E-state index in [1.54, 1.807) is 0 Å². The van der Waals surface area contributed by atoms with Crippen LogP contribution in [0.5, 0.6) is 0 Å². The Labute approximate surface area is 69.9 Å². The van der Waals surface area contributed by atoms with Crippen LogP contribution in [0.15, 0.2) is 23.8 Å². The summed E-state index contributed by atoms with van der Waals surface area (Å²) in [4.78, 5) is 17.1. The molecule has 0 bridgehead atoms. The van der Waals surface area contributed by atoms with Crippen molar-refractivity contribution in [1.29, 1.82) is 0 Å². The maximum absolute atomic E-state index is 10.8. The lowest BCUT2D eigenvalue weighted by Gasteiger charge is -2.03. The maximum Gasteiger partial charge on any atom is 0.251 e. The first-order valence-electron chi connectivity index (χ1n) is 3.61. The fraction of sp³-hybridized carbons (Fsp3) is 0.250. The lowest BCUT2D eigenvalue weighted by Crippen LogP contribution is -2.06. The Morgan fingerprint density at radius 1 is 1.83 bits per heavy atom. The van der Waals surface area contributed by atoms with Crippen LogP contribution in [-0.4, -0.2) is 16.6 Å². The summed E-state index contributed by atoms with van der Waals surface area (Å²) in [5, 5.41) is 0. The molecule has 4 nitrogen and oxygen atoms in total. The standard InChI is InChI=1S/C8H10N2O2/c1-3-12-6(2)7-4-8(11)10-5-9-7/h4-5H,2-3H2,1H3,(H,9,10,11). The lowest BCUT2D eigenvalue weighted by molar-refractivity contribution is 0.297. The number of aromatic nitrogens is 2. The van der Waals surface area contributed by atoms with Crippen LogP contribution in [0.4, 0.5) is 0 Å². The molecule has 1 rings (SSSR count). The molecule has 0 atom stereocenters. The molecule has 0 aliphatic rings. The summed E-state index contributed by atoms with van der Waals surface area (Å²) >= 11 is 0. The van der Waals surface area contributed by atoms with Gasteiger partial charge in [0.05, 0.1) is 12.9 Å². The predicted molar refractivity (Wildman–Crippen MR) is 45.5 cm³/mol. The summed E-state index contributed by atoms with van der Waals surface area (Å²) in [7, 11) is 0. The van der Waals surface area contributed by atoms with Gasteiger partial charge >= 0.3 is 0 Å². The third-order valence-electron chi connectivity index (χ3n) is 1.28. The average Bonchev–Trinajstić information content (AvgIpc) is 2.05. The van der Waals surface area contributed by atoms with Crippen LogP contribution in [0.25, 0.3) is 5.76 Å². The first-order chi connectivity index (χ1) is 5.74. The lowest BCUT2D eigenvalue weighted by atomic mass is 10.3. The molecule has 1 N–H and O–H groups in total. The van der Waals surface area contributed by atoms with Gasteiger partial charge in [0.1, 0.15) is 11.5 Å². The van der Waals surface area contributed by atoms with Gasteiger partial charge in [-0.2, -0.15) is 0 Å². The first-order valence-corrected chi connectivity index (χ1v) is 3.61. The molecule has 1 heterocycles. The zero-order valence-electron chi connectivity index (χ0n) is 6.83. The van der Waals surface area contributed by atoms with Gasteiger partial charge in [0, 0.05) is 6.07 Å². The van der Waals surface area contributed by atoms with Crippen molar-refractivity contribution in [1.82, 2.24) is 9.97 Å². The van der Waals surface area contributed by atoms with E-state index in [9.17, 15) is 4.79 Å². The van der Waals surface area contributed by atoms with E-state index in [2.05, 4.69) is 16.5 Å². The number of hydrogen-bond acceptors (Lipinski definition) is 3. The van der Waals surface area contributed by atoms with Gasteiger partial charge in [-0.15, -0.1) is 0 Å². The van der Waals surface area contributed by atoms with Gasteiger partial charge in [0.25, 0.3) is 5.56 Å². The van der Waals surface area contributed by atoms with Gasteiger partial charge in [-0.3, -0.25) is 4.79 Å². The fourth-order valence-electron chi connectivity index (χ4n) is 0.769. The molecule has 0 unspecified atom stereocenters. The van der Waals surface area contributed by atoms with Crippen LogP contribution in [0.1, 0.15) is 12.6 Å². The smallest absolute Gasteiger partial charge is 0.251 e. The van der Waals surface area contributed by atoms with Gasteiger partial charge in [-0.1, -0.05) is 6.58 Å². The second-order valence-electron chi connectivity index (χ2n) is 2.15. The Kier molecular flexibility index (Phi) is 2.63. The molecule has 1 aromatic heterocycles. The van der Waals surface area contributed by atoms with Gasteiger partial charge in [-0.05, 0) is 6.92 Å². The van der Waals surface area contributed by atoms with Crippen molar-refractivity contribution in [3.63, 3.8) is 0 Å². The monoisotopic (exact) mass is 166 g/mol. The molecular formula is C8H10N2O2. The highest BCUT2D eigenvalue weighted by Gasteiger charge is 1.99. The molecule has 12 heavy (non-hydrogen) atoms. The highest BCUT2D eigenvalue weighted by atomic mass is 16.5. The number of nitrogens with one attached hydrogen (secondary N) is 1. The summed E-state index contributed by atoms with van der Waals surface area (Å²) in [6, 6.07) is 1.35. The third-order valence-corrected chi connectivity index (χ3v) is 1.28. The Balaban J connectivity index is 2.88. The number of ether oxygens (including phenoxy) is 1. The molecule has 4 heteroatoms. The highest BCUT2D eigenvalue weighted by Crippen LogP contribution is 2.06. The Hall–Kier alpha value is -1.58. The molecule has 64 valence electrons. The largest absolute Gasteiger partial charge is 0.492 e. The minimum atomic E-state index is -0.208. The molecule has 0 saturated carbocycles. The minimum absolute atomic E-state index is 0.208. The number of hydrogen-bond donors (Lipinski definition) is 1. The van der Waals surface area contributed by atoms with E-state index < -0.39 is 0 Å². The summed E-state index contributed by atoms with van der Waals surface area (Å²) in [5.41, 5.74) is 0.265. The predicted octanol–water partition coefficient (Wildman–Crippen LogP) is 0.777. The van der Waals surface area contributed by atoms with E-state index in [1.807, 2.05) is 6.92 Å².